The van der Waals surface area contributed by atoms with E-state index in [0.717, 1.165) is 15.0 Å². The van der Waals surface area contributed by atoms with E-state index in [0.29, 0.717) is 10.0 Å². The second-order valence-corrected chi connectivity index (χ2v) is 7.79. The van der Waals surface area contributed by atoms with Crippen LogP contribution in [0.4, 0.5) is 5.82 Å². The van der Waals surface area contributed by atoms with Crippen LogP contribution in [-0.2, 0) is 10.0 Å². The fourth-order valence-electron chi connectivity index (χ4n) is 1.35. The van der Waals surface area contributed by atoms with Crippen molar-refractivity contribution in [3.05, 3.63) is 39.3 Å². The first-order valence-corrected chi connectivity index (χ1v) is 8.20. The minimum absolute atomic E-state index is 0.294. The molecule has 0 bridgehead atoms. The molecular formula is C11H11BrN2O2S2. The van der Waals surface area contributed by atoms with Gasteiger partial charge < -0.3 is 0 Å². The van der Waals surface area contributed by atoms with Gasteiger partial charge in [-0.2, -0.15) is 0 Å². The maximum atomic E-state index is 12.1. The largest absolute Gasteiger partial charge is 0.272 e. The molecule has 7 heteroatoms. The average molecular weight is 347 g/mol. The van der Waals surface area contributed by atoms with Crippen molar-refractivity contribution in [2.45, 2.75) is 18.1 Å². The fraction of sp³-hybridized carbons (Fsp3) is 0.182. The molecule has 0 aliphatic heterocycles. The summed E-state index contributed by atoms with van der Waals surface area (Å²) in [6.45, 7) is 3.67. The topological polar surface area (TPSA) is 59.1 Å². The molecule has 1 N–H and O–H groups in total. The maximum Gasteiger partial charge on any atom is 0.272 e. The van der Waals surface area contributed by atoms with E-state index < -0.39 is 10.0 Å². The van der Waals surface area contributed by atoms with Gasteiger partial charge >= 0.3 is 0 Å². The predicted octanol–water partition coefficient (Wildman–Crippen LogP) is 3.32. The Morgan fingerprint density at radius 3 is 2.50 bits per heavy atom. The second kappa shape index (κ2) is 4.99. The lowest BCUT2D eigenvalue weighted by Crippen LogP contribution is -2.12. The van der Waals surface area contributed by atoms with Crippen molar-refractivity contribution in [3.8, 4) is 0 Å². The van der Waals surface area contributed by atoms with E-state index in [1.807, 2.05) is 6.92 Å². The molecular weight excluding hydrogens is 336 g/mol. The molecule has 4 nitrogen and oxygen atoms in total. The molecule has 18 heavy (non-hydrogen) atoms. The SMILES string of the molecule is Cc1ccc(S(=O)(=O)Nc2ccc(Br)c(C)n2)s1. The minimum Gasteiger partial charge on any atom is -0.263 e. The molecule has 2 heterocycles. The van der Waals surface area contributed by atoms with Crippen molar-refractivity contribution in [1.29, 1.82) is 0 Å². The van der Waals surface area contributed by atoms with E-state index in [1.54, 1.807) is 31.2 Å². The van der Waals surface area contributed by atoms with Gasteiger partial charge in [-0.1, -0.05) is 0 Å². The molecule has 0 aromatic carbocycles. The Balaban J connectivity index is 2.30. The summed E-state index contributed by atoms with van der Waals surface area (Å²) >= 11 is 4.55. The molecule has 0 aliphatic carbocycles. The number of pyridine rings is 1. The number of nitrogens with zero attached hydrogens (tertiary/aromatic N) is 1. The van der Waals surface area contributed by atoms with E-state index >= 15 is 0 Å². The zero-order valence-electron chi connectivity index (χ0n) is 9.77. The Morgan fingerprint density at radius 1 is 1.22 bits per heavy atom. The normalized spacial score (nSPS) is 11.5. The molecule has 0 unspecified atom stereocenters. The lowest BCUT2D eigenvalue weighted by Gasteiger charge is -2.06. The van der Waals surface area contributed by atoms with Gasteiger partial charge in [-0.3, -0.25) is 4.72 Å². The van der Waals surface area contributed by atoms with Crippen molar-refractivity contribution in [2.75, 3.05) is 4.72 Å². The molecule has 0 amide bonds. The summed E-state index contributed by atoms with van der Waals surface area (Å²) in [6, 6.07) is 6.75. The Bertz CT molecular complexity index is 680. The van der Waals surface area contributed by atoms with Crippen LogP contribution in [0.5, 0.6) is 0 Å². The quantitative estimate of drug-likeness (QED) is 0.927. The Labute approximate surface area is 118 Å². The van der Waals surface area contributed by atoms with Gasteiger partial charge in [0.2, 0.25) is 0 Å². The van der Waals surface area contributed by atoms with Crippen LogP contribution in [0.15, 0.2) is 32.9 Å². The van der Waals surface area contributed by atoms with Crippen molar-refractivity contribution < 1.29 is 8.42 Å². The summed E-state index contributed by atoms with van der Waals surface area (Å²) in [5, 5.41) is 0. The number of aryl methyl sites for hydroxylation is 2. The van der Waals surface area contributed by atoms with Gasteiger partial charge in [-0.15, -0.1) is 11.3 Å². The van der Waals surface area contributed by atoms with E-state index in [9.17, 15) is 8.42 Å². The van der Waals surface area contributed by atoms with Crippen LogP contribution in [0.1, 0.15) is 10.6 Å². The highest BCUT2D eigenvalue weighted by Gasteiger charge is 2.17. The standard InChI is InChI=1S/C11H11BrN2O2S2/c1-7-3-6-11(17-7)18(15,16)14-10-5-4-9(12)8(2)13-10/h3-6H,1-2H3,(H,13,14). The van der Waals surface area contributed by atoms with Crippen LogP contribution in [0.2, 0.25) is 0 Å². The molecule has 0 aliphatic rings. The van der Waals surface area contributed by atoms with Crippen LogP contribution in [-0.4, -0.2) is 13.4 Å². The van der Waals surface area contributed by atoms with Crippen LogP contribution in [0, 0.1) is 13.8 Å². The lowest BCUT2D eigenvalue weighted by molar-refractivity contribution is 0.603. The molecule has 0 spiro atoms. The van der Waals surface area contributed by atoms with Gasteiger partial charge in [0.1, 0.15) is 10.0 Å². The van der Waals surface area contributed by atoms with E-state index in [1.165, 1.54) is 11.3 Å². The predicted molar refractivity (Wildman–Crippen MR) is 76.5 cm³/mol. The van der Waals surface area contributed by atoms with Crippen molar-refractivity contribution in [1.82, 2.24) is 4.98 Å². The first kappa shape index (κ1) is 13.5. The average Bonchev–Trinajstić information content (AvgIpc) is 2.71. The maximum absolute atomic E-state index is 12.1. The summed E-state index contributed by atoms with van der Waals surface area (Å²) in [4.78, 5) is 5.11. The molecule has 0 saturated heterocycles. The van der Waals surface area contributed by atoms with Crippen molar-refractivity contribution in [3.63, 3.8) is 0 Å². The van der Waals surface area contributed by atoms with Crippen LogP contribution >= 0.6 is 27.3 Å². The van der Waals surface area contributed by atoms with Crippen molar-refractivity contribution in [2.24, 2.45) is 0 Å². The fourth-order valence-corrected chi connectivity index (χ4v) is 3.85. The van der Waals surface area contributed by atoms with E-state index in [4.69, 9.17) is 0 Å². The monoisotopic (exact) mass is 346 g/mol. The van der Waals surface area contributed by atoms with Crippen LogP contribution in [0.3, 0.4) is 0 Å². The number of nitrogens with one attached hydrogen (secondary N) is 1. The molecule has 2 rings (SSSR count). The molecule has 0 radical (unpaired) electrons. The van der Waals surface area contributed by atoms with Crippen LogP contribution in [0.25, 0.3) is 0 Å². The van der Waals surface area contributed by atoms with Gasteiger partial charge in [0.05, 0.1) is 5.69 Å². The summed E-state index contributed by atoms with van der Waals surface area (Å²) in [5.41, 5.74) is 0.734. The zero-order valence-corrected chi connectivity index (χ0v) is 13.0. The number of rotatable bonds is 3. The van der Waals surface area contributed by atoms with E-state index in [2.05, 4.69) is 25.6 Å². The number of halogens is 1. The Morgan fingerprint density at radius 2 is 1.94 bits per heavy atom. The summed E-state index contributed by atoms with van der Waals surface area (Å²) in [7, 11) is -3.53. The summed E-state index contributed by atoms with van der Waals surface area (Å²) in [5.74, 6) is 0.321. The summed E-state index contributed by atoms with van der Waals surface area (Å²) < 4.78 is 27.7. The molecule has 2 aromatic rings. The van der Waals surface area contributed by atoms with E-state index in [-0.39, 0.29) is 0 Å². The van der Waals surface area contributed by atoms with Crippen molar-refractivity contribution >= 4 is 43.1 Å². The van der Waals surface area contributed by atoms with Gasteiger partial charge in [0.15, 0.2) is 0 Å². The number of anilines is 1. The third-order valence-corrected chi connectivity index (χ3v) is 5.93. The minimum atomic E-state index is -3.53. The smallest absolute Gasteiger partial charge is 0.263 e. The van der Waals surface area contributed by atoms with Gasteiger partial charge in [-0.25, -0.2) is 13.4 Å². The molecule has 0 saturated carbocycles. The second-order valence-electron chi connectivity index (χ2n) is 3.73. The zero-order chi connectivity index (χ0) is 13.3. The van der Waals surface area contributed by atoms with Gasteiger partial charge in [0, 0.05) is 9.35 Å². The Kier molecular flexibility index (Phi) is 3.74. The number of sulfonamides is 1. The number of aromatic nitrogens is 1. The number of hydrogen-bond donors (Lipinski definition) is 1. The number of hydrogen-bond acceptors (Lipinski definition) is 4. The first-order valence-electron chi connectivity index (χ1n) is 5.11. The van der Waals surface area contributed by atoms with Gasteiger partial charge in [-0.05, 0) is 54.0 Å². The third kappa shape index (κ3) is 2.90. The first-order chi connectivity index (χ1) is 8.38. The molecule has 0 fully saturated rings. The summed E-state index contributed by atoms with van der Waals surface area (Å²) in [6.07, 6.45) is 0. The Hall–Kier alpha value is -0.920. The molecule has 2 aromatic heterocycles. The highest BCUT2D eigenvalue weighted by molar-refractivity contribution is 9.10. The number of thiophene rings is 1. The third-order valence-electron chi connectivity index (χ3n) is 2.24. The molecule has 96 valence electrons. The van der Waals surface area contributed by atoms with Crippen LogP contribution < -0.4 is 4.72 Å². The highest BCUT2D eigenvalue weighted by Crippen LogP contribution is 2.23. The molecule has 0 atom stereocenters. The lowest BCUT2D eigenvalue weighted by atomic mass is 10.4. The van der Waals surface area contributed by atoms with Gasteiger partial charge in [0.25, 0.3) is 10.0 Å². The highest BCUT2D eigenvalue weighted by atomic mass is 79.9.